The third kappa shape index (κ3) is 3.52. The van der Waals surface area contributed by atoms with Gasteiger partial charge in [-0.1, -0.05) is 0 Å². The molecule has 0 bridgehead atoms. The van der Waals surface area contributed by atoms with Gasteiger partial charge in [-0.25, -0.2) is 8.78 Å². The van der Waals surface area contributed by atoms with Gasteiger partial charge in [0.15, 0.2) is 0 Å². The maximum absolute atomic E-state index is 12.8. The molecular weight excluding hydrogens is 250 g/mol. The van der Waals surface area contributed by atoms with Gasteiger partial charge < -0.3 is 15.2 Å². The van der Waals surface area contributed by atoms with Crippen molar-refractivity contribution in [2.45, 2.75) is 5.92 Å². The first kappa shape index (κ1) is 14.1. The minimum absolute atomic E-state index is 0.0903. The van der Waals surface area contributed by atoms with Crippen LogP contribution in [0, 0.1) is 10.1 Å². The van der Waals surface area contributed by atoms with Gasteiger partial charge in [0.1, 0.15) is 18.0 Å². The number of nitrogens with zero attached hydrogens (tertiary/aromatic N) is 1. The van der Waals surface area contributed by atoms with Gasteiger partial charge in [0.05, 0.1) is 18.6 Å². The highest BCUT2D eigenvalue weighted by Crippen LogP contribution is 2.29. The lowest BCUT2D eigenvalue weighted by molar-refractivity contribution is -0.384. The zero-order chi connectivity index (χ0) is 13.8. The summed E-state index contributed by atoms with van der Waals surface area (Å²) in [5, 5.41) is 21.3. The van der Waals surface area contributed by atoms with Crippen LogP contribution in [0.5, 0.6) is 5.75 Å². The number of nitrogens with one attached hydrogen (secondary N) is 1. The van der Waals surface area contributed by atoms with Crippen LogP contribution in [0.15, 0.2) is 18.2 Å². The highest BCUT2D eigenvalue weighted by atomic mass is 19.3. The molecule has 2 N–H and O–H groups in total. The first-order chi connectivity index (χ1) is 8.39. The topological polar surface area (TPSA) is 84.6 Å². The van der Waals surface area contributed by atoms with Crippen molar-refractivity contribution in [3.8, 4) is 5.75 Å². The molecule has 0 atom stereocenters. The summed E-state index contributed by atoms with van der Waals surface area (Å²) in [6.07, 6.45) is 0. The predicted octanol–water partition coefficient (Wildman–Crippen LogP) is 1.64. The number of nitro groups is 1. The van der Waals surface area contributed by atoms with E-state index in [2.05, 4.69) is 5.32 Å². The molecule has 100 valence electrons. The van der Waals surface area contributed by atoms with Crippen molar-refractivity contribution in [3.63, 3.8) is 0 Å². The van der Waals surface area contributed by atoms with Crippen LogP contribution in [0.4, 0.5) is 20.2 Å². The van der Waals surface area contributed by atoms with Crippen molar-refractivity contribution in [2.24, 2.45) is 0 Å². The number of ether oxygens (including phenoxy) is 1. The summed E-state index contributed by atoms with van der Waals surface area (Å²) in [7, 11) is 1.35. The molecule has 0 saturated carbocycles. The van der Waals surface area contributed by atoms with Gasteiger partial charge in [0, 0.05) is 12.1 Å². The molecule has 0 saturated heterocycles. The molecule has 6 nitrogen and oxygen atoms in total. The molecule has 0 aliphatic carbocycles. The summed E-state index contributed by atoms with van der Waals surface area (Å²) in [6, 6.07) is 3.75. The molecule has 0 fully saturated rings. The molecule has 0 aliphatic rings. The lowest BCUT2D eigenvalue weighted by atomic mass is 10.2. The van der Waals surface area contributed by atoms with Crippen molar-refractivity contribution >= 4 is 11.4 Å². The van der Waals surface area contributed by atoms with E-state index in [4.69, 9.17) is 9.84 Å². The van der Waals surface area contributed by atoms with E-state index < -0.39 is 24.0 Å². The molecule has 0 spiro atoms. The van der Waals surface area contributed by atoms with E-state index >= 15 is 0 Å². The van der Waals surface area contributed by atoms with Gasteiger partial charge >= 0.3 is 0 Å². The molecule has 0 heterocycles. The smallest absolute Gasteiger partial charge is 0.292 e. The number of anilines is 1. The highest BCUT2D eigenvalue weighted by molar-refractivity contribution is 5.64. The fraction of sp³-hybridized carbons (Fsp3) is 0.400. The number of halogens is 2. The Bertz CT molecular complexity index is 440. The monoisotopic (exact) mass is 262 g/mol. The first-order valence-corrected chi connectivity index (χ1v) is 4.94. The zero-order valence-corrected chi connectivity index (χ0v) is 9.52. The Kier molecular flexibility index (Phi) is 4.38. The van der Waals surface area contributed by atoms with Crippen LogP contribution >= 0.6 is 0 Å². The number of benzene rings is 1. The summed E-state index contributed by atoms with van der Waals surface area (Å²) in [5.74, 6) is -3.05. The van der Waals surface area contributed by atoms with Crippen molar-refractivity contribution in [1.29, 1.82) is 0 Å². The van der Waals surface area contributed by atoms with Gasteiger partial charge in [0.25, 0.3) is 11.6 Å². The summed E-state index contributed by atoms with van der Waals surface area (Å²) in [4.78, 5) is 10.0. The Morgan fingerprint density at radius 1 is 1.56 bits per heavy atom. The van der Waals surface area contributed by atoms with E-state index in [0.29, 0.717) is 5.75 Å². The third-order valence-corrected chi connectivity index (χ3v) is 2.17. The third-order valence-electron chi connectivity index (χ3n) is 2.17. The summed E-state index contributed by atoms with van der Waals surface area (Å²) < 4.78 is 30.5. The number of alkyl halides is 2. The fourth-order valence-electron chi connectivity index (χ4n) is 1.22. The molecule has 1 rings (SSSR count). The van der Waals surface area contributed by atoms with Gasteiger partial charge in [-0.05, 0) is 6.07 Å². The van der Waals surface area contributed by atoms with E-state index in [9.17, 15) is 18.9 Å². The Morgan fingerprint density at radius 2 is 2.22 bits per heavy atom. The highest BCUT2D eigenvalue weighted by Gasteiger charge is 2.28. The van der Waals surface area contributed by atoms with E-state index in [1.54, 1.807) is 0 Å². The standard InChI is InChI=1S/C10H12F2N2O4/c1-18-7-2-3-9(14(16)17)8(4-7)13-5-10(11,12)6-15/h2-4,13,15H,5-6H2,1H3. The lowest BCUT2D eigenvalue weighted by Gasteiger charge is -2.15. The van der Waals surface area contributed by atoms with Crippen LogP contribution in [0.1, 0.15) is 0 Å². The predicted molar refractivity (Wildman–Crippen MR) is 60.2 cm³/mol. The van der Waals surface area contributed by atoms with Gasteiger partial charge in [-0.3, -0.25) is 10.1 Å². The number of hydrogen-bond acceptors (Lipinski definition) is 5. The quantitative estimate of drug-likeness (QED) is 0.601. The number of rotatable bonds is 6. The number of hydrogen-bond donors (Lipinski definition) is 2. The molecule has 0 unspecified atom stereocenters. The van der Waals surface area contributed by atoms with Crippen LogP contribution in [0.25, 0.3) is 0 Å². The molecular formula is C10H12F2N2O4. The Labute approximate surface area is 101 Å². The maximum Gasteiger partial charge on any atom is 0.292 e. The van der Waals surface area contributed by atoms with Gasteiger partial charge in [-0.15, -0.1) is 0 Å². The number of aliphatic hydroxyl groups excluding tert-OH is 1. The molecule has 0 aliphatic heterocycles. The largest absolute Gasteiger partial charge is 0.497 e. The number of aliphatic hydroxyl groups is 1. The first-order valence-electron chi connectivity index (χ1n) is 4.94. The average molecular weight is 262 g/mol. The zero-order valence-electron chi connectivity index (χ0n) is 9.52. The summed E-state index contributed by atoms with van der Waals surface area (Å²) in [5.41, 5.74) is -0.433. The second kappa shape index (κ2) is 5.58. The average Bonchev–Trinajstić information content (AvgIpc) is 2.36. The van der Waals surface area contributed by atoms with Crippen molar-refractivity contribution < 1.29 is 23.5 Å². The second-order valence-electron chi connectivity index (χ2n) is 3.51. The van der Waals surface area contributed by atoms with Crippen LogP contribution in [0.3, 0.4) is 0 Å². The molecule has 1 aromatic rings. The minimum atomic E-state index is -3.35. The number of nitro benzene ring substituents is 1. The van der Waals surface area contributed by atoms with Crippen molar-refractivity contribution in [3.05, 3.63) is 28.3 Å². The number of methoxy groups -OCH3 is 1. The molecule has 18 heavy (non-hydrogen) atoms. The van der Waals surface area contributed by atoms with Crippen LogP contribution in [-0.4, -0.2) is 36.2 Å². The molecule has 1 aromatic carbocycles. The second-order valence-corrected chi connectivity index (χ2v) is 3.51. The fourth-order valence-corrected chi connectivity index (χ4v) is 1.22. The Hall–Kier alpha value is -1.96. The van der Waals surface area contributed by atoms with E-state index in [1.807, 2.05) is 0 Å². The normalized spacial score (nSPS) is 11.1. The minimum Gasteiger partial charge on any atom is -0.497 e. The molecule has 0 radical (unpaired) electrons. The summed E-state index contributed by atoms with van der Waals surface area (Å²) >= 11 is 0. The van der Waals surface area contributed by atoms with Gasteiger partial charge in [-0.2, -0.15) is 0 Å². The van der Waals surface area contributed by atoms with E-state index in [0.717, 1.165) is 6.07 Å². The van der Waals surface area contributed by atoms with Crippen LogP contribution < -0.4 is 10.1 Å². The summed E-state index contributed by atoms with van der Waals surface area (Å²) in [6.45, 7) is -2.24. The van der Waals surface area contributed by atoms with Gasteiger partial charge in [0.2, 0.25) is 0 Å². The van der Waals surface area contributed by atoms with Crippen LogP contribution in [0.2, 0.25) is 0 Å². The van der Waals surface area contributed by atoms with Crippen molar-refractivity contribution in [2.75, 3.05) is 25.6 Å². The maximum atomic E-state index is 12.8. The molecule has 0 aromatic heterocycles. The molecule has 8 heteroatoms. The van der Waals surface area contributed by atoms with E-state index in [1.165, 1.54) is 19.2 Å². The van der Waals surface area contributed by atoms with Crippen LogP contribution in [-0.2, 0) is 0 Å². The SMILES string of the molecule is COc1ccc([N+](=O)[O-])c(NCC(F)(F)CO)c1. The molecule has 0 amide bonds. The Balaban J connectivity index is 2.94. The Morgan fingerprint density at radius 3 is 2.72 bits per heavy atom. The van der Waals surface area contributed by atoms with E-state index in [-0.39, 0.29) is 11.4 Å². The lowest BCUT2D eigenvalue weighted by Crippen LogP contribution is -2.31. The van der Waals surface area contributed by atoms with Crippen molar-refractivity contribution in [1.82, 2.24) is 0 Å².